The summed E-state index contributed by atoms with van der Waals surface area (Å²) in [6.07, 6.45) is 0.0352. The Morgan fingerprint density at radius 3 is 2.52 bits per heavy atom. The fourth-order valence-electron chi connectivity index (χ4n) is 3.84. The van der Waals surface area contributed by atoms with Crippen LogP contribution >= 0.6 is 0 Å². The minimum absolute atomic E-state index is 0.0352. The Morgan fingerprint density at radius 2 is 1.86 bits per heavy atom. The molecule has 0 saturated heterocycles. The van der Waals surface area contributed by atoms with E-state index in [0.29, 0.717) is 12.2 Å². The van der Waals surface area contributed by atoms with Gasteiger partial charge in [-0.2, -0.15) is 0 Å². The maximum atomic E-state index is 12.8. The third kappa shape index (κ3) is 4.30. The molecule has 0 aliphatic rings. The van der Waals surface area contributed by atoms with E-state index in [2.05, 4.69) is 28.5 Å². The Labute approximate surface area is 172 Å². The number of hydrogen-bond acceptors (Lipinski definition) is 4. The number of benzene rings is 2. The summed E-state index contributed by atoms with van der Waals surface area (Å²) >= 11 is 0. The van der Waals surface area contributed by atoms with E-state index >= 15 is 0 Å². The Morgan fingerprint density at radius 1 is 1.14 bits per heavy atom. The van der Waals surface area contributed by atoms with E-state index in [1.54, 1.807) is 0 Å². The highest BCUT2D eigenvalue weighted by Crippen LogP contribution is 2.33. The number of aryl methyl sites for hydroxylation is 1. The maximum absolute atomic E-state index is 12.8. The van der Waals surface area contributed by atoms with Gasteiger partial charge in [0.1, 0.15) is 11.9 Å². The van der Waals surface area contributed by atoms with E-state index in [9.17, 15) is 4.79 Å². The zero-order valence-corrected chi connectivity index (χ0v) is 18.2. The van der Waals surface area contributed by atoms with Crippen molar-refractivity contribution in [3.8, 4) is 11.4 Å². The van der Waals surface area contributed by atoms with Crippen LogP contribution in [0.3, 0.4) is 0 Å². The number of esters is 1. The molecule has 0 N–H and O–H groups in total. The van der Waals surface area contributed by atoms with E-state index in [1.807, 2.05) is 65.2 Å². The molecule has 5 nitrogen and oxygen atoms in total. The average Bonchev–Trinajstić information content (AvgIpc) is 2.93. The van der Waals surface area contributed by atoms with Crippen LogP contribution in [0.25, 0.3) is 16.6 Å². The van der Waals surface area contributed by atoms with E-state index in [4.69, 9.17) is 9.47 Å². The quantitative estimate of drug-likeness (QED) is 0.542. The maximum Gasteiger partial charge on any atom is 0.340 e. The summed E-state index contributed by atoms with van der Waals surface area (Å²) in [7, 11) is 4.04. The number of rotatable bonds is 7. The lowest BCUT2D eigenvalue weighted by atomic mass is 10.1. The normalized spacial score (nSPS) is 12.4. The van der Waals surface area contributed by atoms with Gasteiger partial charge < -0.3 is 18.9 Å². The third-order valence-corrected chi connectivity index (χ3v) is 4.97. The molecule has 5 heteroatoms. The number of nitrogens with zero attached hydrogens (tertiary/aromatic N) is 2. The smallest absolute Gasteiger partial charge is 0.340 e. The molecule has 0 spiro atoms. The van der Waals surface area contributed by atoms with Crippen LogP contribution in [0.5, 0.6) is 5.75 Å². The topological polar surface area (TPSA) is 43.7 Å². The van der Waals surface area contributed by atoms with Crippen LogP contribution in [0, 0.1) is 13.8 Å². The van der Waals surface area contributed by atoms with Crippen molar-refractivity contribution in [3.63, 3.8) is 0 Å². The number of likely N-dealkylation sites (N-methyl/N-ethyl adjacent to an activating group) is 1. The zero-order valence-electron chi connectivity index (χ0n) is 18.2. The molecule has 2 aromatic carbocycles. The number of aromatic nitrogens is 1. The molecule has 3 rings (SSSR count). The molecule has 0 amide bonds. The molecule has 29 heavy (non-hydrogen) atoms. The van der Waals surface area contributed by atoms with E-state index in [0.717, 1.165) is 40.1 Å². The first kappa shape index (κ1) is 20.9. The van der Waals surface area contributed by atoms with Crippen molar-refractivity contribution in [2.24, 2.45) is 0 Å². The van der Waals surface area contributed by atoms with Gasteiger partial charge in [0, 0.05) is 23.3 Å². The highest BCUT2D eigenvalue weighted by Gasteiger charge is 2.23. The first-order valence-electron chi connectivity index (χ1n) is 10.0. The predicted molar refractivity (Wildman–Crippen MR) is 117 cm³/mol. The molecule has 0 bridgehead atoms. The van der Waals surface area contributed by atoms with E-state index in [-0.39, 0.29) is 12.1 Å². The lowest BCUT2D eigenvalue weighted by Gasteiger charge is -2.19. The molecule has 154 valence electrons. The summed E-state index contributed by atoms with van der Waals surface area (Å²) in [5.41, 5.74) is 4.62. The molecule has 0 aliphatic carbocycles. The first-order valence-corrected chi connectivity index (χ1v) is 10.0. The summed E-state index contributed by atoms with van der Waals surface area (Å²) in [5.74, 6) is 0.445. The lowest BCUT2D eigenvalue weighted by Crippen LogP contribution is -2.27. The molecule has 1 aromatic heterocycles. The SMILES string of the molecule is CCOC(=O)c1c(C)n(-c2ccccc2C)c2ccc(OC(C)CN(C)C)cc12. The minimum Gasteiger partial charge on any atom is -0.489 e. The van der Waals surface area contributed by atoms with Gasteiger partial charge in [-0.05, 0) is 71.6 Å². The van der Waals surface area contributed by atoms with Gasteiger partial charge in [-0.3, -0.25) is 0 Å². The van der Waals surface area contributed by atoms with Crippen molar-refractivity contribution >= 4 is 16.9 Å². The number of hydrogen-bond donors (Lipinski definition) is 0. The van der Waals surface area contributed by atoms with Gasteiger partial charge >= 0.3 is 5.97 Å². The van der Waals surface area contributed by atoms with Gasteiger partial charge in [0.25, 0.3) is 0 Å². The highest BCUT2D eigenvalue weighted by molar-refractivity contribution is 6.07. The van der Waals surface area contributed by atoms with E-state index < -0.39 is 0 Å². The first-order chi connectivity index (χ1) is 13.8. The van der Waals surface area contributed by atoms with Crippen LogP contribution in [0.15, 0.2) is 42.5 Å². The summed E-state index contributed by atoms with van der Waals surface area (Å²) in [6, 6.07) is 14.1. The Kier molecular flexibility index (Phi) is 6.28. The van der Waals surface area contributed by atoms with Crippen LogP contribution < -0.4 is 4.74 Å². The van der Waals surface area contributed by atoms with Gasteiger partial charge in [-0.25, -0.2) is 4.79 Å². The number of fused-ring (bicyclic) bond motifs is 1. The van der Waals surface area contributed by atoms with Gasteiger partial charge in [-0.1, -0.05) is 18.2 Å². The van der Waals surface area contributed by atoms with Crippen LogP contribution in [0.2, 0.25) is 0 Å². The number of para-hydroxylation sites is 1. The summed E-state index contributed by atoms with van der Waals surface area (Å²) in [6.45, 7) is 9.06. The molecule has 0 saturated carbocycles. The summed E-state index contributed by atoms with van der Waals surface area (Å²) < 4.78 is 13.6. The van der Waals surface area contributed by atoms with Crippen LogP contribution in [0.4, 0.5) is 0 Å². The number of carbonyl (C=O) groups is 1. The Bertz CT molecular complexity index is 1020. The number of carbonyl (C=O) groups excluding carboxylic acids is 1. The number of ether oxygens (including phenoxy) is 2. The van der Waals surface area contributed by atoms with Crippen molar-refractivity contribution in [2.75, 3.05) is 27.2 Å². The monoisotopic (exact) mass is 394 g/mol. The molecule has 0 radical (unpaired) electrons. The van der Waals surface area contributed by atoms with Crippen LogP contribution in [-0.2, 0) is 4.74 Å². The zero-order chi connectivity index (χ0) is 21.1. The molecule has 0 fully saturated rings. The van der Waals surface area contributed by atoms with Gasteiger partial charge in [0.05, 0.1) is 17.7 Å². The van der Waals surface area contributed by atoms with Crippen molar-refractivity contribution in [1.82, 2.24) is 9.47 Å². The van der Waals surface area contributed by atoms with Gasteiger partial charge in [0.2, 0.25) is 0 Å². The van der Waals surface area contributed by atoms with Crippen molar-refractivity contribution < 1.29 is 14.3 Å². The molecule has 1 heterocycles. The second-order valence-electron chi connectivity index (χ2n) is 7.67. The fourth-order valence-corrected chi connectivity index (χ4v) is 3.84. The average molecular weight is 395 g/mol. The second kappa shape index (κ2) is 8.70. The summed E-state index contributed by atoms with van der Waals surface area (Å²) in [4.78, 5) is 14.9. The van der Waals surface area contributed by atoms with Crippen LogP contribution in [-0.4, -0.2) is 48.8 Å². The predicted octanol–water partition coefficient (Wildman–Crippen LogP) is 4.75. The summed E-state index contributed by atoms with van der Waals surface area (Å²) in [5, 5.41) is 0.846. The van der Waals surface area contributed by atoms with Crippen LogP contribution in [0.1, 0.15) is 35.5 Å². The molecule has 3 aromatic rings. The largest absolute Gasteiger partial charge is 0.489 e. The van der Waals surface area contributed by atoms with Gasteiger partial charge in [0.15, 0.2) is 0 Å². The third-order valence-electron chi connectivity index (χ3n) is 4.97. The second-order valence-corrected chi connectivity index (χ2v) is 7.67. The van der Waals surface area contributed by atoms with Crippen molar-refractivity contribution in [1.29, 1.82) is 0 Å². The standard InChI is InChI=1S/C24H30N2O3/c1-7-28-24(27)23-18(4)26(21-11-9-8-10-16(21)2)22-13-12-19(14-20(22)23)29-17(3)15-25(5)6/h8-14,17H,7,15H2,1-6H3. The minimum atomic E-state index is -0.305. The molecular formula is C24H30N2O3. The van der Waals surface area contributed by atoms with Crippen molar-refractivity contribution in [3.05, 3.63) is 59.3 Å². The molecule has 1 unspecified atom stereocenters. The molecular weight excluding hydrogens is 364 g/mol. The highest BCUT2D eigenvalue weighted by atomic mass is 16.5. The van der Waals surface area contributed by atoms with E-state index in [1.165, 1.54) is 0 Å². The Hall–Kier alpha value is -2.79. The lowest BCUT2D eigenvalue weighted by molar-refractivity contribution is 0.0527. The fraction of sp³-hybridized carbons (Fsp3) is 0.375. The van der Waals surface area contributed by atoms with Gasteiger partial charge in [-0.15, -0.1) is 0 Å². The van der Waals surface area contributed by atoms with Crippen molar-refractivity contribution in [2.45, 2.75) is 33.8 Å². The molecule has 0 aliphatic heterocycles. The molecule has 1 atom stereocenters. The Balaban J connectivity index is 2.17.